The molecule has 5 heteroatoms. The summed E-state index contributed by atoms with van der Waals surface area (Å²) in [6.07, 6.45) is 7.56. The lowest BCUT2D eigenvalue weighted by Crippen LogP contribution is -1.99. The van der Waals surface area contributed by atoms with Gasteiger partial charge in [-0.05, 0) is 56.0 Å². The molecule has 1 N–H and O–H groups in total. The van der Waals surface area contributed by atoms with Crippen molar-refractivity contribution >= 4 is 17.6 Å². The molecule has 0 aliphatic rings. The van der Waals surface area contributed by atoms with Gasteiger partial charge < -0.3 is 14.6 Å². The summed E-state index contributed by atoms with van der Waals surface area (Å²) in [6.45, 7) is 1.35. The zero-order valence-corrected chi connectivity index (χ0v) is 12.7. The van der Waals surface area contributed by atoms with Gasteiger partial charge in [0.2, 0.25) is 0 Å². The lowest BCUT2D eigenvalue weighted by molar-refractivity contribution is 0.0697. The van der Waals surface area contributed by atoms with Crippen LogP contribution in [0.5, 0.6) is 5.75 Å². The minimum Gasteiger partial charge on any atom is -0.501 e. The Bertz CT molecular complexity index is 428. The zero-order valence-electron chi connectivity index (χ0n) is 12.0. The summed E-state index contributed by atoms with van der Waals surface area (Å²) in [7, 11) is 0. The van der Waals surface area contributed by atoms with E-state index in [0.29, 0.717) is 24.8 Å². The number of hydrogen-bond acceptors (Lipinski definition) is 3. The summed E-state index contributed by atoms with van der Waals surface area (Å²) in [4.78, 5) is 10.7. The molecule has 0 bridgehead atoms. The third-order valence-corrected chi connectivity index (χ3v) is 2.99. The first-order valence-electron chi connectivity index (χ1n) is 7.03. The molecule has 116 valence electrons. The van der Waals surface area contributed by atoms with Crippen molar-refractivity contribution in [1.29, 1.82) is 0 Å². The normalized spacial score (nSPS) is 10.7. The van der Waals surface area contributed by atoms with Crippen molar-refractivity contribution in [3.05, 3.63) is 42.2 Å². The number of allylic oxidation sites excluding steroid dienone is 1. The van der Waals surface area contributed by atoms with Crippen molar-refractivity contribution < 1.29 is 19.4 Å². The fourth-order valence-corrected chi connectivity index (χ4v) is 1.77. The number of ether oxygens (including phenoxy) is 2. The van der Waals surface area contributed by atoms with E-state index in [1.807, 2.05) is 0 Å². The van der Waals surface area contributed by atoms with Gasteiger partial charge in [-0.2, -0.15) is 0 Å². The Morgan fingerprint density at radius 3 is 2.38 bits per heavy atom. The smallest absolute Gasteiger partial charge is 0.335 e. The maximum atomic E-state index is 10.7. The van der Waals surface area contributed by atoms with Crippen molar-refractivity contribution in [2.75, 3.05) is 19.1 Å². The predicted octanol–water partition coefficient (Wildman–Crippen LogP) is 4.09. The minimum absolute atomic E-state index is 0.269. The maximum absolute atomic E-state index is 10.7. The Kier molecular flexibility index (Phi) is 9.13. The molecule has 0 atom stereocenters. The highest BCUT2D eigenvalue weighted by Crippen LogP contribution is 2.13. The number of hydrogen-bond donors (Lipinski definition) is 1. The van der Waals surface area contributed by atoms with Crippen LogP contribution in [0.3, 0.4) is 0 Å². The highest BCUT2D eigenvalue weighted by molar-refractivity contribution is 6.18. The number of carboxylic acid groups (broad SMARTS) is 1. The van der Waals surface area contributed by atoms with E-state index in [4.69, 9.17) is 26.2 Å². The van der Waals surface area contributed by atoms with Crippen molar-refractivity contribution in [2.24, 2.45) is 0 Å². The van der Waals surface area contributed by atoms with Crippen molar-refractivity contribution in [3.8, 4) is 5.75 Å². The van der Waals surface area contributed by atoms with Gasteiger partial charge in [0.15, 0.2) is 0 Å². The second-order valence-electron chi connectivity index (χ2n) is 4.49. The molecule has 21 heavy (non-hydrogen) atoms. The molecule has 0 saturated heterocycles. The van der Waals surface area contributed by atoms with Crippen LogP contribution in [0.25, 0.3) is 0 Å². The summed E-state index contributed by atoms with van der Waals surface area (Å²) >= 11 is 5.46. The monoisotopic (exact) mass is 312 g/mol. The number of rotatable bonds is 11. The van der Waals surface area contributed by atoms with E-state index >= 15 is 0 Å². The topological polar surface area (TPSA) is 55.8 Å². The fourth-order valence-electron chi connectivity index (χ4n) is 1.70. The van der Waals surface area contributed by atoms with Crippen molar-refractivity contribution in [2.45, 2.75) is 25.7 Å². The summed E-state index contributed by atoms with van der Waals surface area (Å²) in [6, 6.07) is 6.45. The first-order chi connectivity index (χ1) is 10.2. The van der Waals surface area contributed by atoms with Gasteiger partial charge in [-0.25, -0.2) is 4.79 Å². The number of benzene rings is 1. The molecule has 0 radical (unpaired) electrons. The number of carboxylic acids is 1. The van der Waals surface area contributed by atoms with E-state index in [2.05, 4.69) is 0 Å². The molecule has 0 saturated carbocycles. The molecular formula is C16H21ClO4. The van der Waals surface area contributed by atoms with E-state index in [1.54, 1.807) is 36.6 Å². The molecule has 1 rings (SSSR count). The third-order valence-electron chi connectivity index (χ3n) is 2.81. The van der Waals surface area contributed by atoms with E-state index in [1.165, 1.54) is 0 Å². The Morgan fingerprint density at radius 1 is 1.10 bits per heavy atom. The van der Waals surface area contributed by atoms with Crippen LogP contribution in [-0.2, 0) is 4.74 Å². The Morgan fingerprint density at radius 2 is 1.76 bits per heavy atom. The van der Waals surface area contributed by atoms with Crippen molar-refractivity contribution in [1.82, 2.24) is 0 Å². The molecule has 4 nitrogen and oxygen atoms in total. The van der Waals surface area contributed by atoms with Crippen LogP contribution >= 0.6 is 11.6 Å². The average molecular weight is 313 g/mol. The predicted molar refractivity (Wildman–Crippen MR) is 83.2 cm³/mol. The number of alkyl halides is 1. The quantitative estimate of drug-likeness (QED) is 0.380. The van der Waals surface area contributed by atoms with Gasteiger partial charge >= 0.3 is 5.97 Å². The molecule has 0 fully saturated rings. The average Bonchev–Trinajstić information content (AvgIpc) is 2.49. The molecule has 0 heterocycles. The van der Waals surface area contributed by atoms with Gasteiger partial charge in [-0.1, -0.05) is 0 Å². The molecule has 0 aromatic heterocycles. The summed E-state index contributed by atoms with van der Waals surface area (Å²) < 4.78 is 10.8. The van der Waals surface area contributed by atoms with Gasteiger partial charge in [0, 0.05) is 5.88 Å². The second kappa shape index (κ2) is 11.0. The molecule has 1 aromatic carbocycles. The first kappa shape index (κ1) is 17.4. The molecule has 0 amide bonds. The van der Waals surface area contributed by atoms with E-state index in [0.717, 1.165) is 25.7 Å². The van der Waals surface area contributed by atoms with Crippen LogP contribution < -0.4 is 4.74 Å². The number of carbonyl (C=O) groups is 1. The van der Waals surface area contributed by atoms with Crippen LogP contribution in [0, 0.1) is 0 Å². The Hall–Kier alpha value is -1.68. The standard InChI is InChI=1S/C16H21ClO4/c17-10-5-12-20-11-3-1-2-4-13-21-15-8-6-14(7-9-15)16(18)19/h5-9,12H,1-4,10-11,13H2,(H,18,19). The van der Waals surface area contributed by atoms with Gasteiger partial charge in [-0.15, -0.1) is 11.6 Å². The fraction of sp³-hybridized carbons (Fsp3) is 0.438. The Balaban J connectivity index is 2.01. The van der Waals surface area contributed by atoms with Crippen LogP contribution in [0.2, 0.25) is 0 Å². The zero-order chi connectivity index (χ0) is 15.3. The SMILES string of the molecule is O=C(O)c1ccc(OCCCCCCOC=CCCl)cc1. The van der Waals surface area contributed by atoms with E-state index in [-0.39, 0.29) is 5.56 Å². The van der Waals surface area contributed by atoms with Crippen LogP contribution in [0.4, 0.5) is 0 Å². The molecule has 1 aromatic rings. The van der Waals surface area contributed by atoms with Crippen LogP contribution in [-0.4, -0.2) is 30.2 Å². The van der Waals surface area contributed by atoms with Crippen molar-refractivity contribution in [3.63, 3.8) is 0 Å². The first-order valence-corrected chi connectivity index (χ1v) is 7.56. The van der Waals surface area contributed by atoms with Gasteiger partial charge in [-0.3, -0.25) is 0 Å². The summed E-state index contributed by atoms with van der Waals surface area (Å²) in [5.74, 6) is 0.254. The minimum atomic E-state index is -0.926. The molecule has 0 aliphatic heterocycles. The highest BCUT2D eigenvalue weighted by Gasteiger charge is 2.01. The lowest BCUT2D eigenvalue weighted by Gasteiger charge is -2.06. The van der Waals surface area contributed by atoms with E-state index < -0.39 is 5.97 Å². The highest BCUT2D eigenvalue weighted by atomic mass is 35.5. The van der Waals surface area contributed by atoms with E-state index in [9.17, 15) is 4.79 Å². The number of halogens is 1. The summed E-state index contributed by atoms with van der Waals surface area (Å²) in [5, 5.41) is 8.78. The molecule has 0 spiro atoms. The lowest BCUT2D eigenvalue weighted by atomic mass is 10.2. The van der Waals surface area contributed by atoms with Gasteiger partial charge in [0.25, 0.3) is 0 Å². The summed E-state index contributed by atoms with van der Waals surface area (Å²) in [5.41, 5.74) is 0.269. The third kappa shape index (κ3) is 8.25. The molecular weight excluding hydrogens is 292 g/mol. The van der Waals surface area contributed by atoms with Gasteiger partial charge in [0.1, 0.15) is 5.75 Å². The number of unbranched alkanes of at least 4 members (excludes halogenated alkanes) is 3. The second-order valence-corrected chi connectivity index (χ2v) is 4.80. The van der Waals surface area contributed by atoms with Gasteiger partial charge in [0.05, 0.1) is 25.0 Å². The Labute approximate surface area is 130 Å². The molecule has 0 aliphatic carbocycles. The number of aromatic carboxylic acids is 1. The van der Waals surface area contributed by atoms with Crippen LogP contribution in [0.15, 0.2) is 36.6 Å². The van der Waals surface area contributed by atoms with Crippen LogP contribution in [0.1, 0.15) is 36.0 Å². The molecule has 0 unspecified atom stereocenters. The maximum Gasteiger partial charge on any atom is 0.335 e. The largest absolute Gasteiger partial charge is 0.501 e.